The molecular formula is C17H25N3O2. The molecular weight excluding hydrogens is 278 g/mol. The highest BCUT2D eigenvalue weighted by atomic mass is 16.5. The van der Waals surface area contributed by atoms with Gasteiger partial charge < -0.3 is 14.7 Å². The Bertz CT molecular complexity index is 543. The highest BCUT2D eigenvalue weighted by molar-refractivity contribution is 5.42. The van der Waals surface area contributed by atoms with Crippen molar-refractivity contribution in [2.45, 2.75) is 70.0 Å². The number of fused-ring (bicyclic) bond motifs is 1. The quantitative estimate of drug-likeness (QED) is 0.928. The summed E-state index contributed by atoms with van der Waals surface area (Å²) in [5, 5.41) is 10.1. The van der Waals surface area contributed by atoms with Crippen molar-refractivity contribution >= 4 is 5.95 Å². The van der Waals surface area contributed by atoms with Crippen LogP contribution in [0.25, 0.3) is 0 Å². The summed E-state index contributed by atoms with van der Waals surface area (Å²) in [6, 6.07) is 0. The van der Waals surface area contributed by atoms with Crippen LogP contribution in [0, 0.1) is 0 Å². The monoisotopic (exact) mass is 303 g/mol. The molecule has 2 atom stereocenters. The molecule has 1 aromatic heterocycles. The molecule has 120 valence electrons. The summed E-state index contributed by atoms with van der Waals surface area (Å²) < 4.78 is 6.16. The molecule has 0 aromatic carbocycles. The van der Waals surface area contributed by atoms with Gasteiger partial charge in [-0.05, 0) is 57.8 Å². The van der Waals surface area contributed by atoms with Crippen molar-refractivity contribution in [3.05, 3.63) is 11.3 Å². The van der Waals surface area contributed by atoms with Crippen LogP contribution < -0.4 is 9.64 Å². The molecule has 0 radical (unpaired) electrons. The van der Waals surface area contributed by atoms with Crippen LogP contribution in [0.15, 0.2) is 0 Å². The smallest absolute Gasteiger partial charge is 0.228 e. The fourth-order valence-corrected chi connectivity index (χ4v) is 3.89. The number of ether oxygens (including phenoxy) is 1. The van der Waals surface area contributed by atoms with E-state index in [0.717, 1.165) is 57.0 Å². The van der Waals surface area contributed by atoms with Crippen molar-refractivity contribution < 1.29 is 9.84 Å². The molecule has 2 fully saturated rings. The summed E-state index contributed by atoms with van der Waals surface area (Å²) in [6.07, 6.45) is 9.24. The maximum absolute atomic E-state index is 10.1. The number of aliphatic hydroxyl groups is 1. The Hall–Kier alpha value is -1.36. The number of hydrogen-bond acceptors (Lipinski definition) is 5. The van der Waals surface area contributed by atoms with Gasteiger partial charge in [0.05, 0.1) is 11.8 Å². The largest absolute Gasteiger partial charge is 0.471 e. The lowest BCUT2D eigenvalue weighted by Crippen LogP contribution is -2.28. The second kappa shape index (κ2) is 6.03. The topological polar surface area (TPSA) is 58.5 Å². The number of hydrogen-bond donors (Lipinski definition) is 1. The predicted molar refractivity (Wildman–Crippen MR) is 84.4 cm³/mol. The minimum Gasteiger partial charge on any atom is -0.471 e. The van der Waals surface area contributed by atoms with Crippen molar-refractivity contribution in [1.82, 2.24) is 9.97 Å². The van der Waals surface area contributed by atoms with Crippen molar-refractivity contribution in [3.63, 3.8) is 0 Å². The van der Waals surface area contributed by atoms with E-state index in [9.17, 15) is 5.11 Å². The number of nitrogens with zero attached hydrogens (tertiary/aromatic N) is 3. The van der Waals surface area contributed by atoms with E-state index < -0.39 is 0 Å². The van der Waals surface area contributed by atoms with E-state index in [4.69, 9.17) is 14.7 Å². The van der Waals surface area contributed by atoms with Crippen LogP contribution in [-0.4, -0.2) is 40.4 Å². The SMILES string of the molecule is O[C@H]1CCC[C@@H]1Oc1nc(N2CCCC2)nc2c1CCCC2. The number of aryl methyl sites for hydroxylation is 1. The molecule has 3 aliphatic rings. The molecule has 0 bridgehead atoms. The van der Waals surface area contributed by atoms with Crippen LogP contribution in [0.5, 0.6) is 5.88 Å². The standard InChI is InChI=1S/C17H25N3O2/c21-14-8-5-9-15(14)22-16-12-6-1-2-7-13(12)18-17(19-16)20-10-3-4-11-20/h14-15,21H,1-11H2/t14-,15-/m0/s1. The van der Waals surface area contributed by atoms with Gasteiger partial charge in [0.2, 0.25) is 11.8 Å². The van der Waals surface area contributed by atoms with Gasteiger partial charge in [0.15, 0.2) is 0 Å². The number of anilines is 1. The molecule has 0 unspecified atom stereocenters. The zero-order valence-corrected chi connectivity index (χ0v) is 13.1. The van der Waals surface area contributed by atoms with Crippen LogP contribution in [-0.2, 0) is 12.8 Å². The molecule has 5 nitrogen and oxygen atoms in total. The Morgan fingerprint density at radius 3 is 2.55 bits per heavy atom. The Morgan fingerprint density at radius 2 is 1.77 bits per heavy atom. The highest BCUT2D eigenvalue weighted by Crippen LogP contribution is 2.33. The van der Waals surface area contributed by atoms with Gasteiger partial charge in [-0.2, -0.15) is 4.98 Å². The van der Waals surface area contributed by atoms with E-state index >= 15 is 0 Å². The summed E-state index contributed by atoms with van der Waals surface area (Å²) in [7, 11) is 0. The Labute approximate surface area is 131 Å². The molecule has 1 N–H and O–H groups in total. The van der Waals surface area contributed by atoms with Gasteiger partial charge in [-0.25, -0.2) is 4.98 Å². The van der Waals surface area contributed by atoms with Crippen LogP contribution >= 0.6 is 0 Å². The first-order chi connectivity index (χ1) is 10.8. The van der Waals surface area contributed by atoms with Crippen molar-refractivity contribution in [2.24, 2.45) is 0 Å². The molecule has 1 aromatic rings. The van der Waals surface area contributed by atoms with Crippen LogP contribution in [0.4, 0.5) is 5.95 Å². The van der Waals surface area contributed by atoms with Crippen LogP contribution in [0.3, 0.4) is 0 Å². The molecule has 0 spiro atoms. The highest BCUT2D eigenvalue weighted by Gasteiger charge is 2.30. The van der Waals surface area contributed by atoms with Gasteiger partial charge in [-0.15, -0.1) is 0 Å². The van der Waals surface area contributed by atoms with Crippen molar-refractivity contribution in [2.75, 3.05) is 18.0 Å². The fraction of sp³-hybridized carbons (Fsp3) is 0.765. The molecule has 2 heterocycles. The van der Waals surface area contributed by atoms with Gasteiger partial charge in [0, 0.05) is 18.7 Å². The van der Waals surface area contributed by atoms with Crippen molar-refractivity contribution in [1.29, 1.82) is 0 Å². The van der Waals surface area contributed by atoms with Gasteiger partial charge >= 0.3 is 0 Å². The summed E-state index contributed by atoms with van der Waals surface area (Å²) in [5.41, 5.74) is 2.36. The molecule has 5 heteroatoms. The van der Waals surface area contributed by atoms with Crippen LogP contribution in [0.2, 0.25) is 0 Å². The molecule has 4 rings (SSSR count). The number of aliphatic hydroxyl groups excluding tert-OH is 1. The predicted octanol–water partition coefficient (Wildman–Crippen LogP) is 2.25. The lowest BCUT2D eigenvalue weighted by molar-refractivity contribution is 0.0565. The molecule has 0 amide bonds. The van der Waals surface area contributed by atoms with Crippen molar-refractivity contribution in [3.8, 4) is 5.88 Å². The van der Waals surface area contributed by atoms with Gasteiger partial charge in [0.25, 0.3) is 0 Å². The van der Waals surface area contributed by atoms with E-state index in [1.165, 1.54) is 36.9 Å². The van der Waals surface area contributed by atoms with E-state index in [2.05, 4.69) is 4.90 Å². The average Bonchev–Trinajstić information content (AvgIpc) is 3.20. The number of aromatic nitrogens is 2. The summed E-state index contributed by atoms with van der Waals surface area (Å²) in [5.74, 6) is 1.58. The second-order valence-electron chi connectivity index (χ2n) is 6.81. The third-order valence-corrected chi connectivity index (χ3v) is 5.20. The zero-order valence-electron chi connectivity index (χ0n) is 13.1. The molecule has 1 saturated heterocycles. The van der Waals surface area contributed by atoms with Gasteiger partial charge in [-0.3, -0.25) is 0 Å². The van der Waals surface area contributed by atoms with E-state index in [-0.39, 0.29) is 12.2 Å². The Morgan fingerprint density at radius 1 is 0.955 bits per heavy atom. The van der Waals surface area contributed by atoms with Gasteiger partial charge in [0.1, 0.15) is 6.10 Å². The molecule has 1 aliphatic heterocycles. The molecule has 1 saturated carbocycles. The van der Waals surface area contributed by atoms with Gasteiger partial charge in [-0.1, -0.05) is 0 Å². The fourth-order valence-electron chi connectivity index (χ4n) is 3.89. The Kier molecular flexibility index (Phi) is 3.90. The molecule has 2 aliphatic carbocycles. The minimum absolute atomic E-state index is 0.0904. The minimum atomic E-state index is -0.343. The summed E-state index contributed by atoms with van der Waals surface area (Å²) in [4.78, 5) is 11.8. The van der Waals surface area contributed by atoms with Crippen LogP contribution in [0.1, 0.15) is 56.2 Å². The average molecular weight is 303 g/mol. The maximum atomic E-state index is 10.1. The lowest BCUT2D eigenvalue weighted by atomic mass is 9.97. The summed E-state index contributed by atoms with van der Waals surface area (Å²) in [6.45, 7) is 2.09. The first kappa shape index (κ1) is 14.2. The Balaban J connectivity index is 1.66. The van der Waals surface area contributed by atoms with E-state index in [0.29, 0.717) is 0 Å². The first-order valence-corrected chi connectivity index (χ1v) is 8.81. The number of rotatable bonds is 3. The summed E-state index contributed by atoms with van der Waals surface area (Å²) >= 11 is 0. The molecule has 22 heavy (non-hydrogen) atoms. The first-order valence-electron chi connectivity index (χ1n) is 8.81. The normalized spacial score (nSPS) is 28.0. The third kappa shape index (κ3) is 2.67. The van der Waals surface area contributed by atoms with E-state index in [1.54, 1.807) is 0 Å². The lowest BCUT2D eigenvalue weighted by Gasteiger charge is -2.25. The maximum Gasteiger partial charge on any atom is 0.228 e. The van der Waals surface area contributed by atoms with E-state index in [1.807, 2.05) is 0 Å². The zero-order chi connectivity index (χ0) is 14.9. The third-order valence-electron chi connectivity index (χ3n) is 5.20. The second-order valence-corrected chi connectivity index (χ2v) is 6.81.